The third-order valence-corrected chi connectivity index (χ3v) is 4.16. The molecule has 0 aliphatic rings. The Morgan fingerprint density at radius 1 is 1.37 bits per heavy atom. The second-order valence-corrected chi connectivity index (χ2v) is 5.21. The summed E-state index contributed by atoms with van der Waals surface area (Å²) in [7, 11) is 3.19. The molecule has 1 aromatic rings. The van der Waals surface area contributed by atoms with Crippen LogP contribution in [-0.2, 0) is 4.74 Å². The number of esters is 1. The van der Waals surface area contributed by atoms with Crippen molar-refractivity contribution >= 4 is 33.8 Å². The van der Waals surface area contributed by atoms with Crippen LogP contribution in [0.1, 0.15) is 46.7 Å². The zero-order valence-electron chi connectivity index (χ0n) is 11.8. The summed E-state index contributed by atoms with van der Waals surface area (Å²) in [5.41, 5.74) is 6.50. The Morgan fingerprint density at radius 2 is 2.00 bits per heavy atom. The summed E-state index contributed by atoms with van der Waals surface area (Å²) in [6.07, 6.45) is 1.30. The van der Waals surface area contributed by atoms with E-state index in [-0.39, 0.29) is 11.5 Å². The van der Waals surface area contributed by atoms with Crippen LogP contribution in [0.2, 0.25) is 0 Å². The Hall–Kier alpha value is -1.56. The van der Waals surface area contributed by atoms with Gasteiger partial charge in [0, 0.05) is 20.0 Å². The van der Waals surface area contributed by atoms with Crippen molar-refractivity contribution in [2.75, 3.05) is 31.3 Å². The molecule has 1 rings (SSSR count). The molecule has 0 spiro atoms. The summed E-state index contributed by atoms with van der Waals surface area (Å²) in [6, 6.07) is 0. The lowest BCUT2D eigenvalue weighted by Gasteiger charge is -2.17. The van der Waals surface area contributed by atoms with Gasteiger partial charge in [0.25, 0.3) is 0 Å². The third kappa shape index (κ3) is 3.07. The zero-order chi connectivity index (χ0) is 14.6. The van der Waals surface area contributed by atoms with E-state index in [0.717, 1.165) is 13.0 Å². The maximum Gasteiger partial charge on any atom is 0.343 e. The van der Waals surface area contributed by atoms with Crippen molar-refractivity contribution in [1.29, 1.82) is 0 Å². The monoisotopic (exact) mass is 284 g/mol. The highest BCUT2D eigenvalue weighted by atomic mass is 32.1. The SMILES string of the molecule is CCCN(C)c1sc(C(=O)CC)c(N)c1C(=O)OC. The Morgan fingerprint density at radius 3 is 2.47 bits per heavy atom. The van der Waals surface area contributed by atoms with Gasteiger partial charge in [0.15, 0.2) is 5.78 Å². The van der Waals surface area contributed by atoms with Gasteiger partial charge in [-0.15, -0.1) is 11.3 Å². The largest absolute Gasteiger partial charge is 0.465 e. The number of thiophene rings is 1. The van der Waals surface area contributed by atoms with E-state index in [2.05, 4.69) is 0 Å². The highest BCUT2D eigenvalue weighted by Crippen LogP contribution is 2.39. The highest BCUT2D eigenvalue weighted by molar-refractivity contribution is 7.19. The van der Waals surface area contributed by atoms with E-state index in [1.165, 1.54) is 18.4 Å². The number of nitrogen functional groups attached to an aromatic ring is 1. The second kappa shape index (κ2) is 6.56. The second-order valence-electron chi connectivity index (χ2n) is 4.21. The molecule has 0 aromatic carbocycles. The molecule has 0 unspecified atom stereocenters. The number of methoxy groups -OCH3 is 1. The first-order valence-corrected chi connectivity index (χ1v) is 7.04. The Balaban J connectivity index is 3.35. The molecule has 1 heterocycles. The molecule has 0 aliphatic carbocycles. The van der Waals surface area contributed by atoms with Crippen molar-refractivity contribution in [3.63, 3.8) is 0 Å². The number of rotatable bonds is 6. The topological polar surface area (TPSA) is 72.6 Å². The highest BCUT2D eigenvalue weighted by Gasteiger charge is 2.27. The number of carbonyl (C=O) groups excluding carboxylic acids is 2. The van der Waals surface area contributed by atoms with Crippen LogP contribution in [0.5, 0.6) is 0 Å². The van der Waals surface area contributed by atoms with E-state index in [1.54, 1.807) is 6.92 Å². The van der Waals surface area contributed by atoms with Gasteiger partial charge >= 0.3 is 5.97 Å². The summed E-state index contributed by atoms with van der Waals surface area (Å²) in [6.45, 7) is 4.60. The zero-order valence-corrected chi connectivity index (χ0v) is 12.6. The molecule has 19 heavy (non-hydrogen) atoms. The summed E-state index contributed by atoms with van der Waals surface area (Å²) in [5, 5.41) is 0.697. The van der Waals surface area contributed by atoms with Crippen molar-refractivity contribution in [3.8, 4) is 0 Å². The van der Waals surface area contributed by atoms with Crippen LogP contribution in [0.25, 0.3) is 0 Å². The number of ether oxygens (including phenoxy) is 1. The van der Waals surface area contributed by atoms with E-state index >= 15 is 0 Å². The molecular formula is C13H20N2O3S. The van der Waals surface area contributed by atoms with E-state index in [0.29, 0.717) is 21.9 Å². The molecular weight excluding hydrogens is 264 g/mol. The number of anilines is 2. The van der Waals surface area contributed by atoms with E-state index < -0.39 is 5.97 Å². The van der Waals surface area contributed by atoms with Gasteiger partial charge in [0.2, 0.25) is 0 Å². The fourth-order valence-electron chi connectivity index (χ4n) is 1.80. The van der Waals surface area contributed by atoms with Crippen molar-refractivity contribution in [2.45, 2.75) is 26.7 Å². The minimum Gasteiger partial charge on any atom is -0.465 e. The van der Waals surface area contributed by atoms with Gasteiger partial charge in [-0.3, -0.25) is 4.79 Å². The van der Waals surface area contributed by atoms with E-state index in [9.17, 15) is 9.59 Å². The Labute approximate surface area is 117 Å². The fraction of sp³-hybridized carbons (Fsp3) is 0.538. The first kappa shape index (κ1) is 15.5. The Kier molecular flexibility index (Phi) is 5.35. The minimum atomic E-state index is -0.498. The van der Waals surface area contributed by atoms with Gasteiger partial charge < -0.3 is 15.4 Å². The molecule has 6 heteroatoms. The standard InChI is InChI=1S/C13H20N2O3S/c1-5-7-15(3)12-9(13(17)18-4)10(14)11(19-12)8(16)6-2/h5-7,14H2,1-4H3. The smallest absolute Gasteiger partial charge is 0.343 e. The molecule has 0 saturated heterocycles. The molecule has 0 radical (unpaired) electrons. The predicted molar refractivity (Wildman–Crippen MR) is 78.3 cm³/mol. The van der Waals surface area contributed by atoms with Crippen LogP contribution in [0.15, 0.2) is 0 Å². The van der Waals surface area contributed by atoms with Gasteiger partial charge in [-0.2, -0.15) is 0 Å². The summed E-state index contributed by atoms with van der Waals surface area (Å²) in [4.78, 5) is 26.1. The van der Waals surface area contributed by atoms with Crippen LogP contribution in [0.3, 0.4) is 0 Å². The molecule has 0 amide bonds. The number of Topliss-reactive ketones (excluding diaryl/α,β-unsaturated/α-hetero) is 1. The molecule has 0 atom stereocenters. The molecule has 106 valence electrons. The number of nitrogens with two attached hydrogens (primary N) is 1. The van der Waals surface area contributed by atoms with Crippen molar-refractivity contribution in [2.24, 2.45) is 0 Å². The molecule has 0 aliphatic heterocycles. The predicted octanol–water partition coefficient (Wildman–Crippen LogP) is 2.56. The van der Waals surface area contributed by atoms with Gasteiger partial charge in [0.1, 0.15) is 10.6 Å². The molecule has 1 aromatic heterocycles. The molecule has 5 nitrogen and oxygen atoms in total. The maximum absolute atomic E-state index is 11.9. The molecule has 2 N–H and O–H groups in total. The van der Waals surface area contributed by atoms with Gasteiger partial charge in [0.05, 0.1) is 17.7 Å². The van der Waals surface area contributed by atoms with Crippen LogP contribution in [-0.4, -0.2) is 32.5 Å². The molecule has 0 saturated carbocycles. The average molecular weight is 284 g/mol. The van der Waals surface area contributed by atoms with E-state index in [4.69, 9.17) is 10.5 Å². The normalized spacial score (nSPS) is 10.3. The number of hydrogen-bond acceptors (Lipinski definition) is 6. The lowest BCUT2D eigenvalue weighted by Crippen LogP contribution is -2.19. The number of hydrogen-bond donors (Lipinski definition) is 1. The summed E-state index contributed by atoms with van der Waals surface area (Å²) in [5.74, 6) is -0.550. The Bertz CT molecular complexity index is 482. The van der Waals surface area contributed by atoms with Crippen molar-refractivity contribution in [1.82, 2.24) is 0 Å². The third-order valence-electron chi connectivity index (χ3n) is 2.80. The van der Waals surface area contributed by atoms with Gasteiger partial charge in [-0.25, -0.2) is 4.79 Å². The summed E-state index contributed by atoms with van der Waals surface area (Å²) < 4.78 is 4.76. The first-order valence-electron chi connectivity index (χ1n) is 6.22. The van der Waals surface area contributed by atoms with Gasteiger partial charge in [-0.05, 0) is 6.42 Å². The molecule has 0 bridgehead atoms. The van der Waals surface area contributed by atoms with Crippen LogP contribution < -0.4 is 10.6 Å². The number of ketones is 1. The number of carbonyl (C=O) groups is 2. The lowest BCUT2D eigenvalue weighted by atomic mass is 10.1. The van der Waals surface area contributed by atoms with Crippen molar-refractivity contribution in [3.05, 3.63) is 10.4 Å². The average Bonchev–Trinajstić information content (AvgIpc) is 2.75. The van der Waals surface area contributed by atoms with Crippen LogP contribution >= 0.6 is 11.3 Å². The van der Waals surface area contributed by atoms with Gasteiger partial charge in [-0.1, -0.05) is 13.8 Å². The minimum absolute atomic E-state index is 0.0520. The van der Waals surface area contributed by atoms with Crippen LogP contribution in [0.4, 0.5) is 10.7 Å². The van der Waals surface area contributed by atoms with E-state index in [1.807, 2.05) is 18.9 Å². The summed E-state index contributed by atoms with van der Waals surface area (Å²) >= 11 is 1.26. The quantitative estimate of drug-likeness (QED) is 0.642. The fourth-order valence-corrected chi connectivity index (χ4v) is 3.01. The maximum atomic E-state index is 11.9. The van der Waals surface area contributed by atoms with Crippen LogP contribution in [0, 0.1) is 0 Å². The number of nitrogens with zero attached hydrogens (tertiary/aromatic N) is 1. The van der Waals surface area contributed by atoms with Crippen molar-refractivity contribution < 1.29 is 14.3 Å². The first-order chi connectivity index (χ1) is 8.97. The molecule has 0 fully saturated rings. The lowest BCUT2D eigenvalue weighted by molar-refractivity contribution is 0.0603.